The first-order valence-corrected chi connectivity index (χ1v) is 9.85. The van der Waals surface area contributed by atoms with Crippen LogP contribution in [0.3, 0.4) is 0 Å². The van der Waals surface area contributed by atoms with E-state index in [9.17, 15) is 0 Å². The van der Waals surface area contributed by atoms with Gasteiger partial charge in [-0.25, -0.2) is 9.97 Å². The number of anilines is 2. The van der Waals surface area contributed by atoms with Crippen molar-refractivity contribution < 1.29 is 4.42 Å². The third-order valence-electron chi connectivity index (χ3n) is 5.14. The van der Waals surface area contributed by atoms with E-state index in [2.05, 4.69) is 42.2 Å². The lowest BCUT2D eigenvalue weighted by molar-refractivity contribution is 0.270. The topological polar surface area (TPSA) is 109 Å². The van der Waals surface area contributed by atoms with E-state index in [-0.39, 0.29) is 11.7 Å². The highest BCUT2D eigenvalue weighted by Crippen LogP contribution is 2.27. The van der Waals surface area contributed by atoms with Crippen molar-refractivity contribution in [2.45, 2.75) is 13.5 Å². The molecule has 1 aliphatic heterocycles. The molecule has 0 amide bonds. The predicted octanol–water partition coefficient (Wildman–Crippen LogP) is 1.64. The molecular formula is C20H26N8O. The summed E-state index contributed by atoms with van der Waals surface area (Å²) in [5.74, 6) is 1.76. The van der Waals surface area contributed by atoms with Crippen LogP contribution in [-0.2, 0) is 6.54 Å². The normalized spacial score (nSPS) is 15.0. The number of nitrogens with zero attached hydrogens (tertiary/aromatic N) is 6. The Morgan fingerprint density at radius 3 is 2.48 bits per heavy atom. The molecule has 0 atom stereocenters. The van der Waals surface area contributed by atoms with Crippen molar-refractivity contribution in [3.63, 3.8) is 0 Å². The number of aromatic nitrogens is 4. The van der Waals surface area contributed by atoms with Crippen LogP contribution in [0, 0.1) is 0 Å². The molecule has 152 valence electrons. The summed E-state index contributed by atoms with van der Waals surface area (Å²) in [5.41, 5.74) is 8.51. The molecule has 0 spiro atoms. The number of nitrogen functional groups attached to an aromatic ring is 1. The zero-order chi connectivity index (χ0) is 20.2. The molecule has 0 aliphatic carbocycles. The minimum Gasteiger partial charge on any atom is -0.414 e. The second kappa shape index (κ2) is 8.54. The second-order valence-electron chi connectivity index (χ2n) is 7.02. The fourth-order valence-electron chi connectivity index (χ4n) is 3.40. The second-order valence-corrected chi connectivity index (χ2v) is 7.02. The molecule has 1 aromatic carbocycles. The maximum atomic E-state index is 6.06. The van der Waals surface area contributed by atoms with Gasteiger partial charge in [0.2, 0.25) is 5.89 Å². The first-order valence-electron chi connectivity index (χ1n) is 9.85. The maximum Gasteiger partial charge on any atom is 0.270 e. The molecular weight excluding hydrogens is 368 g/mol. The van der Waals surface area contributed by atoms with E-state index in [1.165, 1.54) is 5.56 Å². The Morgan fingerprint density at radius 2 is 1.79 bits per heavy atom. The van der Waals surface area contributed by atoms with Gasteiger partial charge in [-0.1, -0.05) is 19.1 Å². The molecule has 1 aliphatic rings. The summed E-state index contributed by atoms with van der Waals surface area (Å²) >= 11 is 0. The van der Waals surface area contributed by atoms with Crippen LogP contribution in [-0.4, -0.2) is 64.8 Å². The third kappa shape index (κ3) is 4.20. The van der Waals surface area contributed by atoms with E-state index < -0.39 is 0 Å². The number of benzene rings is 1. The van der Waals surface area contributed by atoms with Crippen LogP contribution in [0.25, 0.3) is 23.0 Å². The first-order chi connectivity index (χ1) is 14.2. The molecule has 0 radical (unpaired) electrons. The van der Waals surface area contributed by atoms with Crippen molar-refractivity contribution in [3.8, 4) is 23.0 Å². The average Bonchev–Trinajstić information content (AvgIpc) is 3.25. The molecule has 3 heterocycles. The molecule has 9 heteroatoms. The van der Waals surface area contributed by atoms with Crippen LogP contribution in [0.15, 0.2) is 34.9 Å². The smallest absolute Gasteiger partial charge is 0.270 e. The molecule has 0 saturated carbocycles. The molecule has 1 fully saturated rings. The van der Waals surface area contributed by atoms with Crippen molar-refractivity contribution in [1.29, 1.82) is 0 Å². The Morgan fingerprint density at radius 1 is 1.07 bits per heavy atom. The molecule has 29 heavy (non-hydrogen) atoms. The molecule has 9 nitrogen and oxygen atoms in total. The Bertz CT molecular complexity index is 947. The molecule has 3 N–H and O–H groups in total. The molecule has 4 rings (SSSR count). The van der Waals surface area contributed by atoms with Gasteiger partial charge in [0.05, 0.1) is 6.20 Å². The van der Waals surface area contributed by atoms with Gasteiger partial charge in [0.25, 0.3) is 5.89 Å². The highest BCUT2D eigenvalue weighted by atomic mass is 16.4. The number of nitrogens with two attached hydrogens (primary N) is 1. The van der Waals surface area contributed by atoms with E-state index in [0.717, 1.165) is 50.6 Å². The highest BCUT2D eigenvalue weighted by molar-refractivity contribution is 5.65. The van der Waals surface area contributed by atoms with Gasteiger partial charge in [-0.15, -0.1) is 10.2 Å². The van der Waals surface area contributed by atoms with Crippen LogP contribution < -0.4 is 16.0 Å². The van der Waals surface area contributed by atoms with Gasteiger partial charge < -0.3 is 25.3 Å². The predicted molar refractivity (Wildman–Crippen MR) is 112 cm³/mol. The largest absolute Gasteiger partial charge is 0.414 e. The van der Waals surface area contributed by atoms with Crippen LogP contribution in [0.2, 0.25) is 0 Å². The molecule has 1 saturated heterocycles. The van der Waals surface area contributed by atoms with Gasteiger partial charge in [0, 0.05) is 38.3 Å². The van der Waals surface area contributed by atoms with Crippen LogP contribution >= 0.6 is 0 Å². The van der Waals surface area contributed by atoms with Gasteiger partial charge >= 0.3 is 0 Å². The van der Waals surface area contributed by atoms with Crippen molar-refractivity contribution in [2.75, 3.05) is 50.4 Å². The maximum absolute atomic E-state index is 6.06. The van der Waals surface area contributed by atoms with Crippen molar-refractivity contribution in [2.24, 2.45) is 0 Å². The lowest BCUT2D eigenvalue weighted by Gasteiger charge is -2.34. The number of rotatable bonds is 6. The van der Waals surface area contributed by atoms with Crippen molar-refractivity contribution in [1.82, 2.24) is 30.4 Å². The minimum atomic E-state index is 0.276. The zero-order valence-corrected chi connectivity index (χ0v) is 16.8. The van der Waals surface area contributed by atoms with Crippen LogP contribution in [0.1, 0.15) is 12.5 Å². The summed E-state index contributed by atoms with van der Waals surface area (Å²) in [4.78, 5) is 13.6. The SMILES string of the molecule is CCN1CCN(c2cnc(N)c(-c3nnc(-c4ccc(CNC)cc4)o3)n2)CC1. The van der Waals surface area contributed by atoms with Crippen molar-refractivity contribution in [3.05, 3.63) is 36.0 Å². The fraction of sp³-hybridized carbons (Fsp3) is 0.400. The standard InChI is InChI=1S/C20H26N8O/c1-3-27-8-10-28(11-9-27)16-13-23-18(21)17(24-16)20-26-25-19(29-20)15-6-4-14(5-7-15)12-22-2/h4-7,13,22H,3,8-12H2,1-2H3,(H2,21,23). The number of hydrogen-bond acceptors (Lipinski definition) is 9. The summed E-state index contributed by atoms with van der Waals surface area (Å²) in [6.45, 7) is 7.87. The molecule has 0 unspecified atom stereocenters. The number of likely N-dealkylation sites (N-methyl/N-ethyl adjacent to an activating group) is 1. The molecule has 0 bridgehead atoms. The van der Waals surface area contributed by atoms with E-state index in [1.807, 2.05) is 31.3 Å². The summed E-state index contributed by atoms with van der Waals surface area (Å²) in [6.07, 6.45) is 1.71. The third-order valence-corrected chi connectivity index (χ3v) is 5.14. The Balaban J connectivity index is 1.56. The van der Waals surface area contributed by atoms with E-state index in [4.69, 9.17) is 10.2 Å². The summed E-state index contributed by atoms with van der Waals surface area (Å²) in [6, 6.07) is 7.98. The number of piperazine rings is 1. The lowest BCUT2D eigenvalue weighted by atomic mass is 10.1. The number of hydrogen-bond donors (Lipinski definition) is 2. The number of nitrogens with one attached hydrogen (secondary N) is 1. The Labute approximate surface area is 170 Å². The quantitative estimate of drug-likeness (QED) is 0.645. The van der Waals surface area contributed by atoms with Gasteiger partial charge in [-0.2, -0.15) is 0 Å². The van der Waals surface area contributed by atoms with E-state index in [0.29, 0.717) is 11.6 Å². The molecule has 2 aromatic heterocycles. The van der Waals surface area contributed by atoms with Crippen LogP contribution in [0.5, 0.6) is 0 Å². The van der Waals surface area contributed by atoms with Gasteiger partial charge in [0.1, 0.15) is 5.82 Å². The monoisotopic (exact) mass is 394 g/mol. The lowest BCUT2D eigenvalue weighted by Crippen LogP contribution is -2.46. The van der Waals surface area contributed by atoms with Gasteiger partial charge in [-0.05, 0) is 31.3 Å². The summed E-state index contributed by atoms with van der Waals surface area (Å²) in [7, 11) is 1.92. The minimum absolute atomic E-state index is 0.276. The summed E-state index contributed by atoms with van der Waals surface area (Å²) in [5, 5.41) is 11.4. The Kier molecular flexibility index (Phi) is 5.68. The zero-order valence-electron chi connectivity index (χ0n) is 16.8. The highest BCUT2D eigenvalue weighted by Gasteiger charge is 2.21. The average molecular weight is 394 g/mol. The fourth-order valence-corrected chi connectivity index (χ4v) is 3.40. The van der Waals surface area contributed by atoms with Gasteiger partial charge in [0.15, 0.2) is 11.5 Å². The Hall–Kier alpha value is -3.04. The van der Waals surface area contributed by atoms with Crippen LogP contribution in [0.4, 0.5) is 11.6 Å². The van der Waals surface area contributed by atoms with Crippen molar-refractivity contribution >= 4 is 11.6 Å². The van der Waals surface area contributed by atoms with Gasteiger partial charge in [-0.3, -0.25) is 0 Å². The van der Waals surface area contributed by atoms with E-state index >= 15 is 0 Å². The first kappa shape index (κ1) is 19.3. The molecule has 3 aromatic rings. The summed E-state index contributed by atoms with van der Waals surface area (Å²) < 4.78 is 5.87. The van der Waals surface area contributed by atoms with E-state index in [1.54, 1.807) is 6.20 Å².